The highest BCUT2D eigenvalue weighted by Gasteiger charge is 2.34. The van der Waals surface area contributed by atoms with Gasteiger partial charge in [-0.25, -0.2) is 0 Å². The molecule has 1 aromatic heterocycles. The van der Waals surface area contributed by atoms with Gasteiger partial charge in [-0.2, -0.15) is 13.2 Å². The number of hydrogen-bond acceptors (Lipinski definition) is 3. The molecule has 0 aliphatic heterocycles. The van der Waals surface area contributed by atoms with Crippen LogP contribution in [0.3, 0.4) is 0 Å². The minimum Gasteiger partial charge on any atom is -0.321 e. The first-order valence-electron chi connectivity index (χ1n) is 7.14. The fraction of sp³-hybridized carbons (Fsp3) is 0.312. The third-order valence-corrected chi connectivity index (χ3v) is 6.38. The lowest BCUT2D eigenvalue weighted by Crippen LogP contribution is -2.16. The van der Waals surface area contributed by atoms with Gasteiger partial charge in [0.1, 0.15) is 4.88 Å². The van der Waals surface area contributed by atoms with Gasteiger partial charge < -0.3 is 5.32 Å². The molecule has 0 saturated heterocycles. The maximum atomic E-state index is 13.4. The van der Waals surface area contributed by atoms with Crippen molar-refractivity contribution in [2.75, 3.05) is 5.32 Å². The van der Waals surface area contributed by atoms with Crippen molar-refractivity contribution in [2.24, 2.45) is 0 Å². The first-order chi connectivity index (χ1) is 11.2. The molecule has 1 aromatic carbocycles. The molecule has 2 rings (SSSR count). The third kappa shape index (κ3) is 4.77. The molecule has 1 N–H and O–H groups in total. The molecular formula is C16H15BrF3NOS2. The number of nitrogens with one attached hydrogen (secondary N) is 1. The zero-order valence-corrected chi connectivity index (χ0v) is 16.1. The lowest BCUT2D eigenvalue weighted by molar-refractivity contribution is -0.137. The summed E-state index contributed by atoms with van der Waals surface area (Å²) in [6, 6.07) is 5.68. The first kappa shape index (κ1) is 19.3. The topological polar surface area (TPSA) is 29.1 Å². The Bertz CT molecular complexity index is 730. The number of benzene rings is 1. The van der Waals surface area contributed by atoms with Crippen molar-refractivity contribution >= 4 is 50.6 Å². The lowest BCUT2D eigenvalue weighted by atomic mass is 10.1. The molecule has 0 saturated carbocycles. The van der Waals surface area contributed by atoms with Crippen LogP contribution in [0.15, 0.2) is 39.0 Å². The number of thioether (sulfide) groups is 1. The van der Waals surface area contributed by atoms with E-state index in [0.717, 1.165) is 23.8 Å². The second-order valence-corrected chi connectivity index (χ2v) is 8.38. The SMILES string of the molecule is CCC(C)Sc1ccc(NC(=O)c2sccc2Br)c(C(F)(F)F)c1. The predicted octanol–water partition coefficient (Wildman–Crippen LogP) is 6.67. The number of hydrogen-bond donors (Lipinski definition) is 1. The van der Waals surface area contributed by atoms with Gasteiger partial charge in [0.05, 0.1) is 11.3 Å². The minimum atomic E-state index is -4.54. The second-order valence-electron chi connectivity index (χ2n) is 5.09. The van der Waals surface area contributed by atoms with Gasteiger partial charge >= 0.3 is 6.18 Å². The van der Waals surface area contributed by atoms with Crippen LogP contribution in [0.5, 0.6) is 0 Å². The Morgan fingerprint density at radius 1 is 1.38 bits per heavy atom. The summed E-state index contributed by atoms with van der Waals surface area (Å²) >= 11 is 5.75. The maximum absolute atomic E-state index is 13.4. The van der Waals surface area contributed by atoms with Crippen LogP contribution >= 0.6 is 39.0 Å². The van der Waals surface area contributed by atoms with Gasteiger partial charge in [0, 0.05) is 14.6 Å². The normalized spacial score (nSPS) is 12.9. The van der Waals surface area contributed by atoms with Crippen LogP contribution in [-0.4, -0.2) is 11.2 Å². The van der Waals surface area contributed by atoms with E-state index in [1.54, 1.807) is 17.5 Å². The van der Waals surface area contributed by atoms with Crippen LogP contribution in [0, 0.1) is 0 Å². The van der Waals surface area contributed by atoms with Gasteiger partial charge in [-0.1, -0.05) is 13.8 Å². The summed E-state index contributed by atoms with van der Waals surface area (Å²) in [6.07, 6.45) is -3.68. The summed E-state index contributed by atoms with van der Waals surface area (Å²) in [4.78, 5) is 13.0. The van der Waals surface area contributed by atoms with Crippen LogP contribution in [0.2, 0.25) is 0 Å². The van der Waals surface area contributed by atoms with E-state index >= 15 is 0 Å². The van der Waals surface area contributed by atoms with E-state index < -0.39 is 17.6 Å². The van der Waals surface area contributed by atoms with Crippen LogP contribution in [-0.2, 0) is 6.18 Å². The van der Waals surface area contributed by atoms with E-state index in [-0.39, 0.29) is 10.9 Å². The number of halogens is 4. The average molecular weight is 438 g/mol. The van der Waals surface area contributed by atoms with Gasteiger partial charge in [-0.05, 0) is 52.0 Å². The van der Waals surface area contributed by atoms with E-state index in [0.29, 0.717) is 14.2 Å². The molecule has 1 heterocycles. The third-order valence-electron chi connectivity index (χ3n) is 3.28. The maximum Gasteiger partial charge on any atom is 0.418 e. The van der Waals surface area contributed by atoms with E-state index in [2.05, 4.69) is 21.2 Å². The molecule has 0 bridgehead atoms. The Labute approximate surface area is 155 Å². The van der Waals surface area contributed by atoms with Gasteiger partial charge in [-0.15, -0.1) is 23.1 Å². The summed E-state index contributed by atoms with van der Waals surface area (Å²) in [7, 11) is 0. The Balaban J connectivity index is 2.32. The van der Waals surface area contributed by atoms with Gasteiger partial charge in [-0.3, -0.25) is 4.79 Å². The summed E-state index contributed by atoms with van der Waals surface area (Å²) in [5, 5.41) is 4.27. The van der Waals surface area contributed by atoms with Crippen molar-refractivity contribution in [1.82, 2.24) is 0 Å². The highest BCUT2D eigenvalue weighted by molar-refractivity contribution is 9.10. The quantitative estimate of drug-likeness (QED) is 0.528. The van der Waals surface area contributed by atoms with Gasteiger partial charge in [0.15, 0.2) is 0 Å². The highest BCUT2D eigenvalue weighted by atomic mass is 79.9. The average Bonchev–Trinajstić information content (AvgIpc) is 2.93. The fourth-order valence-corrected chi connectivity index (χ4v) is 4.30. The monoisotopic (exact) mass is 437 g/mol. The summed E-state index contributed by atoms with van der Waals surface area (Å²) in [5.41, 5.74) is -1.07. The molecule has 0 aliphatic rings. The molecule has 1 amide bonds. The van der Waals surface area contributed by atoms with E-state index in [1.165, 1.54) is 17.8 Å². The van der Waals surface area contributed by atoms with Crippen molar-refractivity contribution in [3.8, 4) is 0 Å². The first-order valence-corrected chi connectivity index (χ1v) is 9.69. The van der Waals surface area contributed by atoms with E-state index in [4.69, 9.17) is 0 Å². The molecular weight excluding hydrogens is 423 g/mol. The van der Waals surface area contributed by atoms with E-state index in [1.807, 2.05) is 13.8 Å². The number of carbonyl (C=O) groups excluding carboxylic acids is 1. The van der Waals surface area contributed by atoms with Crippen LogP contribution in [0.25, 0.3) is 0 Å². The molecule has 8 heteroatoms. The molecule has 0 radical (unpaired) electrons. The molecule has 0 aliphatic carbocycles. The Kier molecular flexibility index (Phi) is 6.39. The number of thiophene rings is 1. The Hall–Kier alpha value is -0.990. The minimum absolute atomic E-state index is 0.216. The number of alkyl halides is 3. The predicted molar refractivity (Wildman–Crippen MR) is 97.0 cm³/mol. The van der Waals surface area contributed by atoms with E-state index in [9.17, 15) is 18.0 Å². The van der Waals surface area contributed by atoms with Crippen molar-refractivity contribution in [1.29, 1.82) is 0 Å². The molecule has 24 heavy (non-hydrogen) atoms. The van der Waals surface area contributed by atoms with Crippen molar-refractivity contribution < 1.29 is 18.0 Å². The number of carbonyl (C=O) groups is 1. The highest BCUT2D eigenvalue weighted by Crippen LogP contribution is 2.39. The standard InChI is InChI=1S/C16H15BrF3NOS2/c1-3-9(2)24-10-4-5-13(11(8-10)16(18,19)20)21-15(22)14-12(17)6-7-23-14/h4-9H,3H2,1-2H3,(H,21,22). The van der Waals surface area contributed by atoms with Crippen LogP contribution < -0.4 is 5.32 Å². The molecule has 130 valence electrons. The van der Waals surface area contributed by atoms with Crippen molar-refractivity contribution in [3.05, 3.63) is 44.6 Å². The number of rotatable bonds is 5. The molecule has 1 unspecified atom stereocenters. The van der Waals surface area contributed by atoms with Gasteiger partial charge in [0.25, 0.3) is 5.91 Å². The van der Waals surface area contributed by atoms with Crippen molar-refractivity contribution in [3.63, 3.8) is 0 Å². The Morgan fingerprint density at radius 3 is 2.62 bits per heavy atom. The second kappa shape index (κ2) is 7.93. The zero-order chi connectivity index (χ0) is 17.9. The molecule has 2 aromatic rings. The van der Waals surface area contributed by atoms with Crippen LogP contribution in [0.1, 0.15) is 35.5 Å². The largest absolute Gasteiger partial charge is 0.418 e. The molecule has 2 nitrogen and oxygen atoms in total. The smallest absolute Gasteiger partial charge is 0.321 e. The number of amides is 1. The summed E-state index contributed by atoms with van der Waals surface area (Å²) < 4.78 is 40.6. The number of anilines is 1. The molecule has 0 spiro atoms. The van der Waals surface area contributed by atoms with Crippen LogP contribution in [0.4, 0.5) is 18.9 Å². The lowest BCUT2D eigenvalue weighted by Gasteiger charge is -2.16. The Morgan fingerprint density at radius 2 is 2.08 bits per heavy atom. The zero-order valence-electron chi connectivity index (χ0n) is 12.9. The van der Waals surface area contributed by atoms with Crippen molar-refractivity contribution in [2.45, 2.75) is 36.6 Å². The molecule has 0 fully saturated rings. The fourth-order valence-electron chi connectivity index (χ4n) is 1.89. The summed E-state index contributed by atoms with van der Waals surface area (Å²) in [6.45, 7) is 3.94. The molecule has 1 atom stereocenters. The van der Waals surface area contributed by atoms with Gasteiger partial charge in [0.2, 0.25) is 0 Å². The summed E-state index contributed by atoms with van der Waals surface area (Å²) in [5.74, 6) is -0.565.